The molecule has 4 nitrogen and oxygen atoms in total. The maximum absolute atomic E-state index is 11.4. The van der Waals surface area contributed by atoms with Crippen LogP contribution in [0.4, 0.5) is 0 Å². The van der Waals surface area contributed by atoms with Crippen LogP contribution in [0.2, 0.25) is 0 Å². The minimum Gasteiger partial charge on any atom is -0.790 e. The summed E-state index contributed by atoms with van der Waals surface area (Å²) in [6.45, 7) is 3.80. The second-order valence-corrected chi connectivity index (χ2v) is 6.17. The molecule has 2 aromatic rings. The largest absolute Gasteiger partial charge is 0.790 e. The summed E-state index contributed by atoms with van der Waals surface area (Å²) in [4.78, 5) is 22.8. The van der Waals surface area contributed by atoms with Crippen LogP contribution in [0.15, 0.2) is 54.6 Å². The van der Waals surface area contributed by atoms with E-state index in [1.54, 1.807) is 24.3 Å². The number of hydrogen-bond donors (Lipinski definition) is 0. The zero-order valence-corrected chi connectivity index (χ0v) is 13.6. The third-order valence-corrected chi connectivity index (χ3v) is 4.37. The molecule has 0 aliphatic carbocycles. The van der Waals surface area contributed by atoms with Crippen molar-refractivity contribution < 1.29 is 18.9 Å². The number of hydrogen-bond acceptors (Lipinski definition) is 4. The van der Waals surface area contributed by atoms with Crippen LogP contribution in [0.5, 0.6) is 0 Å². The smallest absolute Gasteiger partial charge is 0.123 e. The summed E-state index contributed by atoms with van der Waals surface area (Å²) >= 11 is 0. The second kappa shape index (κ2) is 6.76. The number of rotatable bonds is 6. The van der Waals surface area contributed by atoms with E-state index in [1.165, 1.54) is 0 Å². The lowest BCUT2D eigenvalue weighted by molar-refractivity contribution is -0.349. The molecule has 0 unspecified atom stereocenters. The van der Waals surface area contributed by atoms with Gasteiger partial charge in [-0.1, -0.05) is 68.4 Å². The Morgan fingerprint density at radius 2 is 1.59 bits per heavy atom. The molecule has 0 amide bonds. The van der Waals surface area contributed by atoms with Crippen LogP contribution in [0.3, 0.4) is 0 Å². The van der Waals surface area contributed by atoms with Gasteiger partial charge < -0.3 is 18.9 Å². The average Bonchev–Trinajstić information content (AvgIpc) is 2.52. The summed E-state index contributed by atoms with van der Waals surface area (Å²) < 4.78 is 16.5. The van der Waals surface area contributed by atoms with Crippen LogP contribution in [-0.2, 0) is 21.1 Å². The van der Waals surface area contributed by atoms with Crippen molar-refractivity contribution in [2.75, 3.05) is 0 Å². The quantitative estimate of drug-likeness (QED) is 0.768. The summed E-state index contributed by atoms with van der Waals surface area (Å²) in [5.74, 6) is 0. The predicted molar refractivity (Wildman–Crippen MR) is 82.0 cm³/mol. The molecule has 0 spiro atoms. The van der Waals surface area contributed by atoms with Crippen LogP contribution in [0.1, 0.15) is 37.0 Å². The van der Waals surface area contributed by atoms with Crippen molar-refractivity contribution in [2.45, 2.75) is 32.3 Å². The predicted octanol–water partition coefficient (Wildman–Crippen LogP) is 2.75. The Hall–Kier alpha value is -1.45. The highest BCUT2D eigenvalue weighted by Gasteiger charge is 2.36. The lowest BCUT2D eigenvalue weighted by Crippen LogP contribution is -2.35. The topological polar surface area (TPSA) is 72.4 Å². The number of benzene rings is 2. The van der Waals surface area contributed by atoms with Gasteiger partial charge >= 0.3 is 0 Å². The van der Waals surface area contributed by atoms with Gasteiger partial charge in [0.15, 0.2) is 0 Å². The molecule has 5 heteroatoms. The molecule has 0 saturated heterocycles. The zero-order chi connectivity index (χ0) is 16.2. The van der Waals surface area contributed by atoms with Gasteiger partial charge in [0.1, 0.15) is 5.60 Å². The van der Waals surface area contributed by atoms with Crippen molar-refractivity contribution >= 4 is 7.82 Å². The molecule has 2 aromatic carbocycles. The first kappa shape index (κ1) is 16.9. The SMILES string of the molecule is CCc1ccccc1[C@@](CC)(OP(=O)([O-])[O-])c1ccccc1. The lowest BCUT2D eigenvalue weighted by atomic mass is 9.81. The molecule has 0 aliphatic heterocycles. The van der Waals surface area contributed by atoms with Gasteiger partial charge in [-0.2, -0.15) is 0 Å². The second-order valence-electron chi connectivity index (χ2n) is 5.10. The summed E-state index contributed by atoms with van der Waals surface area (Å²) in [5.41, 5.74) is 1.05. The Kier molecular flexibility index (Phi) is 5.20. The molecule has 0 heterocycles. The minimum atomic E-state index is -5.17. The van der Waals surface area contributed by atoms with E-state index in [2.05, 4.69) is 0 Å². The highest BCUT2D eigenvalue weighted by Crippen LogP contribution is 2.47. The molecule has 0 N–H and O–H groups in total. The highest BCUT2D eigenvalue weighted by molar-refractivity contribution is 7.43. The molecule has 0 bridgehead atoms. The number of phosphoric ester groups is 1. The summed E-state index contributed by atoms with van der Waals surface area (Å²) in [7, 11) is -5.17. The normalized spacial score (nSPS) is 14.5. The Bertz CT molecular complexity index is 665. The van der Waals surface area contributed by atoms with Gasteiger partial charge in [-0.15, -0.1) is 0 Å². The lowest BCUT2D eigenvalue weighted by Gasteiger charge is -2.43. The van der Waals surface area contributed by atoms with E-state index < -0.39 is 13.4 Å². The van der Waals surface area contributed by atoms with Crippen molar-refractivity contribution in [3.63, 3.8) is 0 Å². The van der Waals surface area contributed by atoms with Gasteiger partial charge in [0.2, 0.25) is 0 Å². The Morgan fingerprint density at radius 3 is 2.14 bits per heavy atom. The van der Waals surface area contributed by atoms with E-state index in [1.807, 2.05) is 44.2 Å². The molecule has 0 saturated carbocycles. The van der Waals surface area contributed by atoms with Crippen molar-refractivity contribution in [2.24, 2.45) is 0 Å². The molecule has 118 valence electrons. The third-order valence-electron chi connectivity index (χ3n) is 3.84. The van der Waals surface area contributed by atoms with Gasteiger partial charge in [-0.3, -0.25) is 0 Å². The van der Waals surface area contributed by atoms with E-state index in [0.717, 1.165) is 17.5 Å². The van der Waals surface area contributed by atoms with E-state index in [4.69, 9.17) is 4.52 Å². The zero-order valence-electron chi connectivity index (χ0n) is 12.7. The van der Waals surface area contributed by atoms with Crippen LogP contribution in [0, 0.1) is 0 Å². The van der Waals surface area contributed by atoms with E-state index >= 15 is 0 Å². The molecule has 0 aromatic heterocycles. The van der Waals surface area contributed by atoms with Gasteiger partial charge in [-0.05, 0) is 29.5 Å². The summed E-state index contributed by atoms with van der Waals surface area (Å²) in [5, 5.41) is 0. The van der Waals surface area contributed by atoms with Crippen LogP contribution >= 0.6 is 7.82 Å². The molecule has 0 radical (unpaired) electrons. The summed E-state index contributed by atoms with van der Waals surface area (Å²) in [6.07, 6.45) is 1.05. The van der Waals surface area contributed by atoms with Crippen molar-refractivity contribution in [1.82, 2.24) is 0 Å². The Labute approximate surface area is 131 Å². The first-order chi connectivity index (χ1) is 10.4. The number of aryl methyl sites for hydroxylation is 1. The average molecular weight is 318 g/mol. The fraction of sp³-hybridized carbons (Fsp3) is 0.294. The minimum absolute atomic E-state index is 0.336. The standard InChI is InChI=1S/C17H21O4P/c1-3-14-10-8-9-13-16(14)17(4-2,21-22(18,19)20)15-11-6-5-7-12-15/h5-13H,3-4H2,1-2H3,(H2,18,19,20)/p-2/t17-/m0/s1. The Balaban J connectivity index is 2.71. The van der Waals surface area contributed by atoms with Crippen LogP contribution < -0.4 is 9.79 Å². The van der Waals surface area contributed by atoms with Gasteiger partial charge in [-0.25, -0.2) is 0 Å². The molecular formula is C17H19O4P-2. The first-order valence-corrected chi connectivity index (χ1v) is 8.75. The molecule has 1 atom stereocenters. The molecule has 2 rings (SSSR count). The third kappa shape index (κ3) is 3.47. The monoisotopic (exact) mass is 318 g/mol. The highest BCUT2D eigenvalue weighted by atomic mass is 31.2. The molecule has 0 aliphatic rings. The van der Waals surface area contributed by atoms with Gasteiger partial charge in [0, 0.05) is 0 Å². The van der Waals surface area contributed by atoms with E-state index in [0.29, 0.717) is 12.0 Å². The number of phosphoric acid groups is 1. The van der Waals surface area contributed by atoms with Crippen molar-refractivity contribution in [1.29, 1.82) is 0 Å². The fourth-order valence-electron chi connectivity index (χ4n) is 2.84. The van der Waals surface area contributed by atoms with Crippen molar-refractivity contribution in [3.8, 4) is 0 Å². The van der Waals surface area contributed by atoms with Gasteiger partial charge in [0.05, 0.1) is 7.82 Å². The first-order valence-electron chi connectivity index (χ1n) is 7.29. The molecule has 0 fully saturated rings. The van der Waals surface area contributed by atoms with Crippen molar-refractivity contribution in [3.05, 3.63) is 71.3 Å². The maximum Gasteiger partial charge on any atom is 0.123 e. The van der Waals surface area contributed by atoms with Gasteiger partial charge in [0.25, 0.3) is 0 Å². The van der Waals surface area contributed by atoms with E-state index in [9.17, 15) is 14.4 Å². The van der Waals surface area contributed by atoms with Crippen LogP contribution in [-0.4, -0.2) is 0 Å². The fourth-order valence-corrected chi connectivity index (χ4v) is 3.55. The molecular weight excluding hydrogens is 299 g/mol. The molecule has 22 heavy (non-hydrogen) atoms. The van der Waals surface area contributed by atoms with E-state index in [-0.39, 0.29) is 0 Å². The Morgan fingerprint density at radius 1 is 1.00 bits per heavy atom. The maximum atomic E-state index is 11.4. The van der Waals surface area contributed by atoms with Crippen LogP contribution in [0.25, 0.3) is 0 Å². The summed E-state index contributed by atoms with van der Waals surface area (Å²) in [6, 6.07) is 16.5.